The van der Waals surface area contributed by atoms with Crippen molar-refractivity contribution >= 4 is 19.0 Å². The third-order valence-corrected chi connectivity index (χ3v) is 1.13. The number of hydrogen-bond acceptors (Lipinski definition) is 2. The molecule has 1 rings (SSSR count). The summed E-state index contributed by atoms with van der Waals surface area (Å²) in [6.45, 7) is 0. The first-order chi connectivity index (χ1) is 5.73. The fourth-order valence-corrected chi connectivity index (χ4v) is 0.682. The Morgan fingerprint density at radius 2 is 1.08 bits per heavy atom. The van der Waals surface area contributed by atoms with Crippen LogP contribution >= 0.6 is 0 Å². The van der Waals surface area contributed by atoms with E-state index >= 15 is 0 Å². The highest BCUT2D eigenvalue weighted by Gasteiger charge is 2.50. The lowest BCUT2D eigenvalue weighted by atomic mass is 10.2. The van der Waals surface area contributed by atoms with E-state index in [2.05, 4.69) is 9.81 Å². The highest BCUT2D eigenvalue weighted by Crippen LogP contribution is 2.28. The molecule has 0 amide bonds. The zero-order valence-corrected chi connectivity index (χ0v) is 5.74. The third kappa shape index (κ3) is 2.01. The van der Waals surface area contributed by atoms with Gasteiger partial charge >= 0.3 is 19.9 Å². The second-order valence-electron chi connectivity index (χ2n) is 2.07. The van der Waals surface area contributed by atoms with Gasteiger partial charge in [0.25, 0.3) is 0 Å². The van der Waals surface area contributed by atoms with Crippen molar-refractivity contribution in [2.24, 2.45) is 9.81 Å². The minimum absolute atomic E-state index is 0.228. The normalized spacial score (nSPS) is 18.0. The summed E-state index contributed by atoms with van der Waals surface area (Å²) in [5, 5.41) is 0. The Kier molecular flexibility index (Phi) is 2.12. The van der Waals surface area contributed by atoms with Gasteiger partial charge < -0.3 is 9.81 Å². The molecule has 0 atom stereocenters. The highest BCUT2D eigenvalue weighted by atomic mass is 19.4. The van der Waals surface area contributed by atoms with Gasteiger partial charge in [-0.05, 0) is 0 Å². The van der Waals surface area contributed by atoms with E-state index in [4.69, 9.17) is 0 Å². The van der Waals surface area contributed by atoms with Gasteiger partial charge in [0.2, 0.25) is 0 Å². The van der Waals surface area contributed by atoms with E-state index in [1.165, 1.54) is 0 Å². The second-order valence-corrected chi connectivity index (χ2v) is 2.07. The molecule has 71 valence electrons. The predicted molar refractivity (Wildman–Crippen MR) is 32.7 cm³/mol. The van der Waals surface area contributed by atoms with Gasteiger partial charge in [-0.1, -0.05) is 0 Å². The van der Waals surface area contributed by atoms with Gasteiger partial charge in [0.15, 0.2) is 11.4 Å². The molecule has 0 saturated heterocycles. The summed E-state index contributed by atoms with van der Waals surface area (Å²) < 4.78 is 70.9. The molecule has 0 fully saturated rings. The lowest BCUT2D eigenvalue weighted by Gasteiger charge is -2.11. The molecule has 1 aliphatic rings. The van der Waals surface area contributed by atoms with Gasteiger partial charge in [-0.3, -0.25) is 0 Å². The Hall–Kier alpha value is -1.02. The fraction of sp³-hybridized carbons (Fsp3) is 0.500. The molecule has 9 heteroatoms. The predicted octanol–water partition coefficient (Wildman–Crippen LogP) is 1.54. The smallest absolute Gasteiger partial charge is 0.311 e. The van der Waals surface area contributed by atoms with Crippen molar-refractivity contribution in [1.82, 2.24) is 0 Å². The van der Waals surface area contributed by atoms with Gasteiger partial charge in [0, 0.05) is 0 Å². The molecule has 0 saturated carbocycles. The Labute approximate surface area is 68.6 Å². The molecule has 0 aliphatic carbocycles. The molecule has 0 bridgehead atoms. The van der Waals surface area contributed by atoms with Crippen LogP contribution in [-0.2, 0) is 0 Å². The molecule has 2 nitrogen and oxygen atoms in total. The molecule has 0 unspecified atom stereocenters. The topological polar surface area (TPSA) is 24.7 Å². The maximum atomic E-state index is 11.8. The molecule has 0 aromatic heterocycles. The third-order valence-electron chi connectivity index (χ3n) is 1.13. The van der Waals surface area contributed by atoms with Crippen LogP contribution in [0.4, 0.5) is 26.3 Å². The molecule has 1 radical (unpaired) electrons. The zero-order chi connectivity index (χ0) is 10.3. The monoisotopic (exact) mass is 201 g/mol. The summed E-state index contributed by atoms with van der Waals surface area (Å²) in [5.41, 5.74) is -4.00. The maximum Gasteiger partial charge on any atom is 0.433 e. The van der Waals surface area contributed by atoms with Crippen LogP contribution in [-0.4, -0.2) is 31.3 Å². The molecule has 0 spiro atoms. The summed E-state index contributed by atoms with van der Waals surface area (Å²) >= 11 is 0. The lowest BCUT2D eigenvalue weighted by molar-refractivity contribution is -0.0704. The second kappa shape index (κ2) is 2.74. The Morgan fingerprint density at radius 3 is 1.31 bits per heavy atom. The van der Waals surface area contributed by atoms with E-state index in [-0.39, 0.29) is 7.55 Å². The largest absolute Gasteiger partial charge is 0.433 e. The minimum atomic E-state index is -5.12. The van der Waals surface area contributed by atoms with Crippen molar-refractivity contribution in [3.63, 3.8) is 0 Å². The van der Waals surface area contributed by atoms with Crippen LogP contribution in [0, 0.1) is 0 Å². The molecule has 13 heavy (non-hydrogen) atoms. The van der Waals surface area contributed by atoms with E-state index in [0.29, 0.717) is 0 Å². The maximum absolute atomic E-state index is 11.8. The van der Waals surface area contributed by atoms with Crippen molar-refractivity contribution in [1.29, 1.82) is 0 Å². The summed E-state index contributed by atoms with van der Waals surface area (Å²) in [4.78, 5) is 5.00. The molecule has 1 aliphatic heterocycles. The first kappa shape index (κ1) is 10.1. The molecule has 0 aromatic carbocycles. The van der Waals surface area contributed by atoms with Crippen LogP contribution in [0.2, 0.25) is 0 Å². The Bertz CT molecular complexity index is 245. The average Bonchev–Trinajstić information content (AvgIpc) is 2.27. The van der Waals surface area contributed by atoms with Crippen molar-refractivity contribution in [2.75, 3.05) is 0 Å². The fourth-order valence-electron chi connectivity index (χ4n) is 0.682. The zero-order valence-electron chi connectivity index (χ0n) is 5.74. The van der Waals surface area contributed by atoms with Gasteiger partial charge in [-0.25, -0.2) is 0 Å². The molecule has 0 N–H and O–H groups in total. The van der Waals surface area contributed by atoms with Crippen LogP contribution < -0.4 is 0 Å². The minimum Gasteiger partial charge on any atom is -0.311 e. The van der Waals surface area contributed by atoms with Crippen molar-refractivity contribution in [3.8, 4) is 0 Å². The average molecular weight is 201 g/mol. The summed E-state index contributed by atoms with van der Waals surface area (Å²) in [6, 6.07) is 0. The van der Waals surface area contributed by atoms with E-state index < -0.39 is 23.8 Å². The molecular formula is C4BF6N2. The van der Waals surface area contributed by atoms with E-state index in [1.54, 1.807) is 0 Å². The molecule has 0 aromatic rings. The Morgan fingerprint density at radius 1 is 0.769 bits per heavy atom. The summed E-state index contributed by atoms with van der Waals surface area (Å²) in [7, 11) is 0.228. The van der Waals surface area contributed by atoms with Crippen molar-refractivity contribution < 1.29 is 26.3 Å². The quantitative estimate of drug-likeness (QED) is 0.419. The number of alkyl halides is 6. The van der Waals surface area contributed by atoms with Crippen LogP contribution in [0.25, 0.3) is 0 Å². The van der Waals surface area contributed by atoms with Crippen molar-refractivity contribution in [3.05, 3.63) is 0 Å². The Balaban J connectivity index is 2.99. The lowest BCUT2D eigenvalue weighted by Crippen LogP contribution is -2.38. The van der Waals surface area contributed by atoms with Gasteiger partial charge in [-0.2, -0.15) is 26.3 Å². The van der Waals surface area contributed by atoms with E-state index in [1.807, 2.05) is 0 Å². The van der Waals surface area contributed by atoms with Crippen LogP contribution in [0.3, 0.4) is 0 Å². The first-order valence-corrected chi connectivity index (χ1v) is 2.85. The van der Waals surface area contributed by atoms with Gasteiger partial charge in [-0.15, -0.1) is 0 Å². The van der Waals surface area contributed by atoms with E-state index in [0.717, 1.165) is 0 Å². The number of halogens is 6. The number of nitrogens with zero attached hydrogens (tertiary/aromatic N) is 2. The van der Waals surface area contributed by atoms with E-state index in [9.17, 15) is 26.3 Å². The van der Waals surface area contributed by atoms with Crippen LogP contribution in [0.15, 0.2) is 9.81 Å². The molecule has 1 heterocycles. The summed E-state index contributed by atoms with van der Waals surface area (Å²) in [5.74, 6) is 0. The first-order valence-electron chi connectivity index (χ1n) is 2.85. The summed E-state index contributed by atoms with van der Waals surface area (Å²) in [6.07, 6.45) is -10.2. The van der Waals surface area contributed by atoms with Gasteiger partial charge in [0.05, 0.1) is 0 Å². The number of rotatable bonds is 0. The van der Waals surface area contributed by atoms with Crippen LogP contribution in [0.5, 0.6) is 0 Å². The van der Waals surface area contributed by atoms with Gasteiger partial charge in [0.1, 0.15) is 0 Å². The highest BCUT2D eigenvalue weighted by molar-refractivity contribution is 6.59. The SMILES string of the molecule is FC(F)(F)C1=N[B]N=C1C(F)(F)F. The standard InChI is InChI=1S/C4BF6N2/c6-3(7,8)1-2(4(9,10)11)13-5-12-1. The van der Waals surface area contributed by atoms with Crippen molar-refractivity contribution in [2.45, 2.75) is 12.4 Å². The number of hydrogen-bond donors (Lipinski definition) is 0. The molecular weight excluding hydrogens is 201 g/mol. The van der Waals surface area contributed by atoms with Crippen LogP contribution in [0.1, 0.15) is 0 Å².